The Bertz CT molecular complexity index is 1170. The average Bonchev–Trinajstić information content (AvgIpc) is 3.29. The number of halogens is 8. The van der Waals surface area contributed by atoms with Gasteiger partial charge in [-0.2, -0.15) is 0 Å². The molecule has 5 nitrogen and oxygen atoms in total. The Morgan fingerprint density at radius 2 is 1.72 bits per heavy atom. The number of nitrogens with one attached hydrogen (secondary N) is 2. The molecule has 2 aliphatic rings. The lowest BCUT2D eigenvalue weighted by Crippen LogP contribution is -2.59. The molecule has 2 atom stereocenters. The Morgan fingerprint density at radius 1 is 1.08 bits per heavy atom. The molecule has 2 N–H and O–H groups in total. The van der Waals surface area contributed by atoms with Crippen molar-refractivity contribution in [2.24, 2.45) is 5.92 Å². The van der Waals surface area contributed by atoms with Crippen molar-refractivity contribution in [3.8, 4) is 0 Å². The van der Waals surface area contributed by atoms with Crippen molar-refractivity contribution in [1.29, 1.82) is 0 Å². The summed E-state index contributed by atoms with van der Waals surface area (Å²) in [5.41, 5.74) is 2.02. The van der Waals surface area contributed by atoms with Crippen molar-refractivity contribution in [3.63, 3.8) is 0 Å². The molecule has 2 fully saturated rings. The number of carbonyl (C=O) groups excluding carboxylic acids is 2. The van der Waals surface area contributed by atoms with Crippen LogP contribution < -0.4 is 10.6 Å². The number of anilines is 1. The first-order chi connectivity index (χ1) is 16.7. The lowest BCUT2D eigenvalue weighted by molar-refractivity contribution is -0.136. The third kappa shape index (κ3) is 7.03. The molecule has 2 aromatic rings. The van der Waals surface area contributed by atoms with Crippen LogP contribution in [0.5, 0.6) is 0 Å². The standard InChI is InChI=1S/C23H19Cl5FI2N3O2/c24-13-3-11(4-14(25)6-13)19-20(23(19,27)28)21(36)33-15-1-2-17(26)12(5-15)8-32-16-9-34(10-16)18(35)7-22(29,30)31/h1-6,16,19-20,32H,7-10H2,(H,33,36). The highest BCUT2D eigenvalue weighted by atomic mass is 127. The summed E-state index contributed by atoms with van der Waals surface area (Å²) >= 11 is 34.7. The first kappa shape index (κ1) is 29.2. The second-order valence-electron chi connectivity index (χ2n) is 8.80. The van der Waals surface area contributed by atoms with E-state index in [1.54, 1.807) is 86.5 Å². The fraction of sp³-hybridized carbons (Fsp3) is 0.391. The van der Waals surface area contributed by atoms with Crippen LogP contribution in [0.15, 0.2) is 36.4 Å². The minimum absolute atomic E-state index is 0.0746. The summed E-state index contributed by atoms with van der Waals surface area (Å²) in [4.78, 5) is 26.7. The topological polar surface area (TPSA) is 61.4 Å². The summed E-state index contributed by atoms with van der Waals surface area (Å²) in [6, 6.07) is 10.2. The average molecular weight is 819 g/mol. The first-order valence-corrected chi connectivity index (χ1v) is 14.8. The molecule has 2 amide bonds. The second-order valence-corrected chi connectivity index (χ2v) is 17.0. The largest absolute Gasteiger partial charge is 0.339 e. The van der Waals surface area contributed by atoms with E-state index in [9.17, 15) is 14.0 Å². The van der Waals surface area contributed by atoms with Gasteiger partial charge in [0.1, 0.15) is 4.33 Å². The van der Waals surface area contributed by atoms with Gasteiger partial charge in [-0.25, -0.2) is 4.39 Å². The lowest BCUT2D eigenvalue weighted by Gasteiger charge is -2.40. The van der Waals surface area contributed by atoms with Crippen LogP contribution in [0.25, 0.3) is 0 Å². The molecule has 194 valence electrons. The number of hydrogen-bond donors (Lipinski definition) is 2. The van der Waals surface area contributed by atoms with E-state index < -0.39 is 17.9 Å². The van der Waals surface area contributed by atoms with Crippen LogP contribution in [0.3, 0.4) is 0 Å². The van der Waals surface area contributed by atoms with Crippen LogP contribution >= 0.6 is 103 Å². The number of nitrogens with zero attached hydrogens (tertiary/aromatic N) is 1. The molecule has 2 aromatic carbocycles. The Morgan fingerprint density at radius 3 is 2.33 bits per heavy atom. The predicted octanol–water partition coefficient (Wildman–Crippen LogP) is 7.36. The van der Waals surface area contributed by atoms with Crippen molar-refractivity contribution in [1.82, 2.24) is 10.2 Å². The molecule has 1 aliphatic heterocycles. The van der Waals surface area contributed by atoms with Crippen LogP contribution in [0.2, 0.25) is 15.1 Å². The Hall–Kier alpha value is 0.180. The molecule has 1 heterocycles. The van der Waals surface area contributed by atoms with E-state index >= 15 is 0 Å². The number of alkyl halides is 5. The van der Waals surface area contributed by atoms with E-state index in [2.05, 4.69) is 10.6 Å². The Labute approximate surface area is 260 Å². The molecule has 1 aliphatic carbocycles. The molecule has 4 rings (SSSR count). The summed E-state index contributed by atoms with van der Waals surface area (Å²) in [7, 11) is 0. The van der Waals surface area contributed by atoms with Gasteiger partial charge in [0.25, 0.3) is 0 Å². The van der Waals surface area contributed by atoms with Crippen molar-refractivity contribution in [2.75, 3.05) is 18.4 Å². The van der Waals surface area contributed by atoms with Gasteiger partial charge in [-0.1, -0.05) is 34.8 Å². The number of amides is 2. The summed E-state index contributed by atoms with van der Waals surface area (Å²) in [5, 5.41) is 7.61. The van der Waals surface area contributed by atoms with Gasteiger partial charge in [-0.3, -0.25) is 9.59 Å². The second kappa shape index (κ2) is 11.3. The molecule has 0 radical (unpaired) electrons. The van der Waals surface area contributed by atoms with E-state index in [1.165, 1.54) is 0 Å². The van der Waals surface area contributed by atoms with Gasteiger partial charge < -0.3 is 15.5 Å². The Kier molecular flexibility index (Phi) is 9.20. The number of carbonyl (C=O) groups is 2. The van der Waals surface area contributed by atoms with Crippen LogP contribution in [0.4, 0.5) is 10.1 Å². The van der Waals surface area contributed by atoms with Crippen LogP contribution in [0.1, 0.15) is 23.5 Å². The zero-order valence-corrected chi connectivity index (χ0v) is 26.4. The van der Waals surface area contributed by atoms with Gasteiger partial charge in [-0.05, 0) is 92.7 Å². The summed E-state index contributed by atoms with van der Waals surface area (Å²) in [6.45, 7) is 1.43. The maximum absolute atomic E-state index is 13.7. The predicted molar refractivity (Wildman–Crippen MR) is 161 cm³/mol. The molecule has 0 spiro atoms. The molecule has 1 saturated carbocycles. The van der Waals surface area contributed by atoms with E-state index in [0.717, 1.165) is 5.56 Å². The number of rotatable bonds is 8. The molecule has 1 saturated heterocycles. The van der Waals surface area contributed by atoms with Gasteiger partial charge in [0.2, 0.25) is 13.5 Å². The SMILES string of the molecule is O=C(Nc1ccc(Cl)c(CNC2CN(C(=O)CC(F)(I)I)C2)c1)C1C(c2cc(Cl)cc(Cl)c2)C1(Cl)Cl. The van der Waals surface area contributed by atoms with E-state index in [-0.39, 0.29) is 24.3 Å². The maximum atomic E-state index is 13.7. The van der Waals surface area contributed by atoms with Crippen LogP contribution in [-0.4, -0.2) is 41.9 Å². The molecular formula is C23H19Cl5FI2N3O2. The monoisotopic (exact) mass is 817 g/mol. The first-order valence-electron chi connectivity index (χ1n) is 10.8. The highest BCUT2D eigenvalue weighted by Gasteiger charge is 2.67. The number of hydrogen-bond acceptors (Lipinski definition) is 3. The molecule has 36 heavy (non-hydrogen) atoms. The summed E-state index contributed by atoms with van der Waals surface area (Å²) in [5.74, 6) is -1.67. The zero-order chi connectivity index (χ0) is 26.4. The summed E-state index contributed by atoms with van der Waals surface area (Å²) in [6.07, 6.45) is -0.160. The third-order valence-corrected chi connectivity index (χ3v) is 8.57. The number of benzene rings is 2. The fourth-order valence-corrected chi connectivity index (χ4v) is 6.39. The van der Waals surface area contributed by atoms with Gasteiger partial charge >= 0.3 is 0 Å². The highest BCUT2D eigenvalue weighted by Crippen LogP contribution is 2.65. The highest BCUT2D eigenvalue weighted by molar-refractivity contribution is 14.2. The van der Waals surface area contributed by atoms with Gasteiger partial charge in [0.15, 0.2) is 0 Å². The van der Waals surface area contributed by atoms with Crippen molar-refractivity contribution >= 4 is 121 Å². The van der Waals surface area contributed by atoms with Crippen molar-refractivity contribution in [2.45, 2.75) is 30.9 Å². The van der Waals surface area contributed by atoms with E-state index in [4.69, 9.17) is 58.0 Å². The van der Waals surface area contributed by atoms with Gasteiger partial charge in [-0.15, -0.1) is 23.2 Å². The quantitative estimate of drug-likeness (QED) is 0.217. The van der Waals surface area contributed by atoms with Gasteiger partial charge in [0.05, 0.1) is 12.3 Å². The summed E-state index contributed by atoms with van der Waals surface area (Å²) < 4.78 is 10.8. The Balaban J connectivity index is 1.33. The number of likely N-dealkylation sites (tertiary alicyclic amines) is 1. The van der Waals surface area contributed by atoms with Crippen molar-refractivity contribution < 1.29 is 14.0 Å². The third-order valence-electron chi connectivity index (χ3n) is 6.06. The minimum Gasteiger partial charge on any atom is -0.339 e. The molecule has 2 unspecified atom stereocenters. The molecular weight excluding hydrogens is 800 g/mol. The van der Waals surface area contributed by atoms with E-state index in [0.29, 0.717) is 46.0 Å². The minimum atomic E-state index is -1.59. The molecule has 0 bridgehead atoms. The van der Waals surface area contributed by atoms with Crippen LogP contribution in [-0.2, 0) is 16.1 Å². The van der Waals surface area contributed by atoms with Crippen molar-refractivity contribution in [3.05, 3.63) is 62.6 Å². The van der Waals surface area contributed by atoms with Gasteiger partial charge in [0, 0.05) is 52.3 Å². The van der Waals surface area contributed by atoms with E-state index in [1.807, 2.05) is 0 Å². The lowest BCUT2D eigenvalue weighted by atomic mass is 10.1. The smallest absolute Gasteiger partial charge is 0.231 e. The normalized spacial score (nSPS) is 21.2. The molecule has 0 aromatic heterocycles. The molecule has 13 heteroatoms. The zero-order valence-electron chi connectivity index (χ0n) is 18.3. The fourth-order valence-electron chi connectivity index (χ4n) is 4.18. The van der Waals surface area contributed by atoms with Crippen LogP contribution in [0, 0.1) is 5.92 Å². The maximum Gasteiger partial charge on any atom is 0.231 e.